The van der Waals surface area contributed by atoms with Crippen LogP contribution in [0.5, 0.6) is 5.75 Å². The van der Waals surface area contributed by atoms with Crippen molar-refractivity contribution in [2.45, 2.75) is 69.4 Å². The van der Waals surface area contributed by atoms with Gasteiger partial charge in [-0.25, -0.2) is 4.31 Å². The highest BCUT2D eigenvalue weighted by Gasteiger charge is 2.73. The van der Waals surface area contributed by atoms with E-state index in [1.165, 1.54) is 55.1 Å². The number of aromatic nitrogens is 1. The number of aromatic amines is 1. The van der Waals surface area contributed by atoms with E-state index < -0.39 is 33.6 Å². The number of para-hydroxylation sites is 1. The molecule has 256 valence electrons. The third kappa shape index (κ3) is 6.83. The molecule has 48 heavy (non-hydrogen) atoms. The summed E-state index contributed by atoms with van der Waals surface area (Å²) in [7, 11) is 0. The number of ketones is 1. The van der Waals surface area contributed by atoms with E-state index >= 15 is 0 Å². The summed E-state index contributed by atoms with van der Waals surface area (Å²) >= 11 is 1.33. The van der Waals surface area contributed by atoms with Crippen molar-refractivity contribution in [3.05, 3.63) is 86.6 Å². The molecular formula is C34H41N5O8S. The number of aliphatic hydroxyl groups is 1. The second-order valence-corrected chi connectivity index (χ2v) is 14.3. The molecule has 2 unspecified atom stereocenters. The molecule has 0 spiro atoms. The maximum Gasteiger partial charge on any atom is 0.280 e. The predicted octanol–water partition coefficient (Wildman–Crippen LogP) is 4.58. The second kappa shape index (κ2) is 13.7. The average molecular weight is 680 g/mol. The molecule has 3 aliphatic rings. The molecule has 0 bridgehead atoms. The van der Waals surface area contributed by atoms with E-state index in [1.807, 2.05) is 25.1 Å². The number of nitro groups is 1. The molecule has 13 nitrogen and oxygen atoms in total. The number of ether oxygens (including phenoxy) is 2. The number of carbonyl (C=O) groups excluding carboxylic acids is 3. The van der Waals surface area contributed by atoms with E-state index in [9.17, 15) is 29.6 Å². The van der Waals surface area contributed by atoms with Crippen LogP contribution in [-0.2, 0) is 20.9 Å². The minimum atomic E-state index is -2.57. The normalized spacial score (nSPS) is 20.6. The van der Waals surface area contributed by atoms with Gasteiger partial charge in [-0.15, -0.1) is 0 Å². The monoisotopic (exact) mass is 679 g/mol. The van der Waals surface area contributed by atoms with Crippen LogP contribution in [0.15, 0.2) is 53.6 Å². The summed E-state index contributed by atoms with van der Waals surface area (Å²) in [6.07, 6.45) is 3.60. The lowest BCUT2D eigenvalue weighted by Crippen LogP contribution is -2.60. The second-order valence-electron chi connectivity index (χ2n) is 13.2. The molecule has 14 heteroatoms. The van der Waals surface area contributed by atoms with Gasteiger partial charge in [0.25, 0.3) is 17.4 Å². The highest BCUT2D eigenvalue weighted by Crippen LogP contribution is 2.59. The first-order valence-corrected chi connectivity index (χ1v) is 16.6. The molecule has 2 aliphatic carbocycles. The van der Waals surface area contributed by atoms with E-state index in [1.54, 1.807) is 25.1 Å². The summed E-state index contributed by atoms with van der Waals surface area (Å²) in [5, 5.41) is 30.0. The standard InChI is InChI=1S/C30H33N5O8S.C4H8/c1-18-16-23(44-34(13-12-31-17-36)14-15-42-28(2,3)4)32-25(18)27(38)33-29-20-9-5-6-11-22(20)43-30(29,39)24-19(26(29)37)8-7-10-21(24)35(40)41;1-4-2-3-4/h5-11,16-17,32,39H,12-15H2,1-4H3,(H,31,36)(H,33,38);4H,2-3H2,1H3. The summed E-state index contributed by atoms with van der Waals surface area (Å²) in [5.74, 6) is -2.83. The lowest BCUT2D eigenvalue weighted by molar-refractivity contribution is -0.388. The Bertz CT molecular complexity index is 1720. The summed E-state index contributed by atoms with van der Waals surface area (Å²) in [5.41, 5.74) is -2.58. The van der Waals surface area contributed by atoms with Crippen molar-refractivity contribution in [3.63, 3.8) is 0 Å². The smallest absolute Gasteiger partial charge is 0.280 e. The van der Waals surface area contributed by atoms with E-state index in [4.69, 9.17) is 9.47 Å². The third-order valence-corrected chi connectivity index (χ3v) is 9.34. The number of nitrogens with zero attached hydrogens (tertiary/aromatic N) is 2. The summed E-state index contributed by atoms with van der Waals surface area (Å²) in [6.45, 7) is 11.7. The SMILES string of the molecule is CC1CC1.Cc1cc(SN(CCNC=O)CCOC(C)(C)C)[nH]c1C(=O)NC12C(=O)c3cccc([N+](=O)[O-])c3C1(O)Oc1ccccc12. The number of H-pyrrole nitrogens is 1. The lowest BCUT2D eigenvalue weighted by Gasteiger charge is -2.34. The number of nitro benzene ring substituents is 1. The number of rotatable bonds is 12. The van der Waals surface area contributed by atoms with Gasteiger partial charge in [0.2, 0.25) is 17.7 Å². The Morgan fingerprint density at radius 3 is 2.58 bits per heavy atom. The molecular weight excluding hydrogens is 638 g/mol. The van der Waals surface area contributed by atoms with Crippen molar-refractivity contribution >= 4 is 35.7 Å². The molecule has 2 heterocycles. The first kappa shape index (κ1) is 35.1. The van der Waals surface area contributed by atoms with E-state index in [0.717, 1.165) is 5.92 Å². The summed E-state index contributed by atoms with van der Waals surface area (Å²) < 4.78 is 13.7. The lowest BCUT2D eigenvalue weighted by atomic mass is 9.82. The molecule has 2 amide bonds. The van der Waals surface area contributed by atoms with E-state index in [0.29, 0.717) is 43.2 Å². The largest absolute Gasteiger partial charge is 0.454 e. The number of fused-ring (bicyclic) bond motifs is 5. The fourth-order valence-electron chi connectivity index (χ4n) is 5.70. The van der Waals surface area contributed by atoms with E-state index in [-0.39, 0.29) is 33.7 Å². The Morgan fingerprint density at radius 1 is 1.23 bits per heavy atom. The van der Waals surface area contributed by atoms with Crippen LogP contribution in [0.3, 0.4) is 0 Å². The van der Waals surface area contributed by atoms with Gasteiger partial charge in [0.15, 0.2) is 0 Å². The van der Waals surface area contributed by atoms with Crippen LogP contribution in [0.25, 0.3) is 0 Å². The Labute approximate surface area is 283 Å². The molecule has 2 aromatic carbocycles. The number of carbonyl (C=O) groups is 3. The molecule has 0 saturated heterocycles. The molecule has 1 aromatic heterocycles. The zero-order valence-corrected chi connectivity index (χ0v) is 28.4. The van der Waals surface area contributed by atoms with E-state index in [2.05, 4.69) is 22.5 Å². The third-order valence-electron chi connectivity index (χ3n) is 8.30. The van der Waals surface area contributed by atoms with Gasteiger partial charge in [-0.1, -0.05) is 50.1 Å². The molecule has 1 aliphatic heterocycles. The van der Waals surface area contributed by atoms with Crippen LogP contribution in [0.2, 0.25) is 0 Å². The van der Waals surface area contributed by atoms with Crippen LogP contribution < -0.4 is 15.4 Å². The van der Waals surface area contributed by atoms with Crippen LogP contribution in [0.1, 0.15) is 78.1 Å². The molecule has 6 rings (SSSR count). The minimum Gasteiger partial charge on any atom is -0.454 e. The van der Waals surface area contributed by atoms with Gasteiger partial charge in [-0.2, -0.15) is 0 Å². The number of aryl methyl sites for hydroxylation is 1. The Kier molecular flexibility index (Phi) is 10.0. The van der Waals surface area contributed by atoms with Gasteiger partial charge in [-0.05, 0) is 63.3 Å². The molecule has 1 fully saturated rings. The fourth-order valence-corrected chi connectivity index (χ4v) is 6.71. The van der Waals surface area contributed by atoms with Gasteiger partial charge in [-0.3, -0.25) is 24.5 Å². The fraction of sp³-hybridized carbons (Fsp3) is 0.441. The maximum atomic E-state index is 14.1. The Morgan fingerprint density at radius 2 is 1.94 bits per heavy atom. The molecule has 4 N–H and O–H groups in total. The number of hydrogen-bond donors (Lipinski definition) is 4. The summed E-state index contributed by atoms with van der Waals surface area (Å²) in [4.78, 5) is 53.2. The Hall–Kier alpha value is -4.24. The number of hydrogen-bond acceptors (Lipinski definition) is 10. The highest BCUT2D eigenvalue weighted by atomic mass is 32.2. The zero-order valence-electron chi connectivity index (χ0n) is 27.6. The first-order valence-electron chi connectivity index (χ1n) is 15.8. The van der Waals surface area contributed by atoms with Crippen molar-refractivity contribution in [2.24, 2.45) is 5.92 Å². The number of amides is 2. The van der Waals surface area contributed by atoms with Crippen LogP contribution in [-0.4, -0.2) is 69.3 Å². The molecule has 3 aromatic rings. The van der Waals surface area contributed by atoms with Crippen LogP contribution in [0, 0.1) is 23.0 Å². The zero-order chi connectivity index (χ0) is 34.9. The topological polar surface area (TPSA) is 176 Å². The highest BCUT2D eigenvalue weighted by molar-refractivity contribution is 7.97. The molecule has 0 radical (unpaired) electrons. The van der Waals surface area contributed by atoms with Crippen molar-refractivity contribution in [1.82, 2.24) is 19.9 Å². The van der Waals surface area contributed by atoms with Gasteiger partial charge >= 0.3 is 0 Å². The van der Waals surface area contributed by atoms with Crippen molar-refractivity contribution in [1.29, 1.82) is 0 Å². The van der Waals surface area contributed by atoms with Gasteiger partial charge < -0.3 is 30.2 Å². The first-order chi connectivity index (χ1) is 22.7. The molecule has 1 saturated carbocycles. The van der Waals surface area contributed by atoms with Gasteiger partial charge in [0.1, 0.15) is 17.0 Å². The number of Topliss-reactive ketones (excluding diaryl/α,β-unsaturated/α-hetero) is 1. The van der Waals surface area contributed by atoms with Crippen LogP contribution in [0.4, 0.5) is 5.69 Å². The maximum absolute atomic E-state index is 14.1. The van der Waals surface area contributed by atoms with Gasteiger partial charge in [0, 0.05) is 36.8 Å². The average Bonchev–Trinajstić information content (AvgIpc) is 3.61. The van der Waals surface area contributed by atoms with Crippen molar-refractivity contribution in [2.75, 3.05) is 26.2 Å². The minimum absolute atomic E-state index is 0.115. The summed E-state index contributed by atoms with van der Waals surface area (Å²) in [6, 6.07) is 12.0. The van der Waals surface area contributed by atoms with Crippen molar-refractivity contribution in [3.8, 4) is 5.75 Å². The number of nitrogens with one attached hydrogen (secondary N) is 3. The Balaban J connectivity index is 0.00000105. The molecule has 2 atom stereocenters. The quantitative estimate of drug-likeness (QED) is 0.0697. The van der Waals surface area contributed by atoms with Gasteiger partial charge in [0.05, 0.1) is 22.2 Å². The van der Waals surface area contributed by atoms with Crippen molar-refractivity contribution < 1.29 is 33.9 Å². The number of benzene rings is 2. The van der Waals surface area contributed by atoms with Crippen LogP contribution >= 0.6 is 11.9 Å². The predicted molar refractivity (Wildman–Crippen MR) is 179 cm³/mol.